The summed E-state index contributed by atoms with van der Waals surface area (Å²) in [6, 6.07) is 8.45. The third-order valence-corrected chi connectivity index (χ3v) is 5.86. The molecule has 1 aliphatic rings. The van der Waals surface area contributed by atoms with Gasteiger partial charge in [-0.3, -0.25) is 4.90 Å². The highest BCUT2D eigenvalue weighted by Gasteiger charge is 2.31. The molecule has 1 atom stereocenters. The highest BCUT2D eigenvalue weighted by molar-refractivity contribution is 7.17. The van der Waals surface area contributed by atoms with Gasteiger partial charge in [0, 0.05) is 26.2 Å². The van der Waals surface area contributed by atoms with Crippen LogP contribution in [0.5, 0.6) is 5.88 Å². The van der Waals surface area contributed by atoms with Crippen LogP contribution in [0.2, 0.25) is 0 Å². The molecular weight excluding hydrogens is 322 g/mol. The quantitative estimate of drug-likeness (QED) is 0.790. The lowest BCUT2D eigenvalue weighted by molar-refractivity contribution is 0.127. The van der Waals surface area contributed by atoms with Crippen LogP contribution in [0.1, 0.15) is 22.0 Å². The van der Waals surface area contributed by atoms with Crippen molar-refractivity contribution in [3.63, 3.8) is 0 Å². The van der Waals surface area contributed by atoms with E-state index < -0.39 is 0 Å². The van der Waals surface area contributed by atoms with Crippen LogP contribution in [0.25, 0.3) is 4.96 Å². The van der Waals surface area contributed by atoms with E-state index in [0.717, 1.165) is 36.0 Å². The van der Waals surface area contributed by atoms with Gasteiger partial charge in [0.05, 0.1) is 10.9 Å². The first kappa shape index (κ1) is 15.6. The Bertz CT molecular complexity index is 850. The molecule has 7 heteroatoms. The Labute approximate surface area is 145 Å². The molecule has 6 nitrogen and oxygen atoms in total. The van der Waals surface area contributed by atoms with Crippen molar-refractivity contribution in [3.05, 3.63) is 46.6 Å². The molecule has 3 heterocycles. The lowest BCUT2D eigenvalue weighted by Gasteiger charge is -2.38. The molecule has 3 aromatic rings. The lowest BCUT2D eigenvalue weighted by atomic mass is 9.98. The van der Waals surface area contributed by atoms with Crippen molar-refractivity contribution in [2.45, 2.75) is 13.0 Å². The molecule has 0 aliphatic carbocycles. The van der Waals surface area contributed by atoms with Crippen LogP contribution in [0.3, 0.4) is 0 Å². The molecule has 1 aliphatic heterocycles. The highest BCUT2D eigenvalue weighted by atomic mass is 32.1. The van der Waals surface area contributed by atoms with E-state index in [-0.39, 0.29) is 11.9 Å². The molecule has 0 bridgehead atoms. The van der Waals surface area contributed by atoms with Crippen molar-refractivity contribution in [1.29, 1.82) is 0 Å². The zero-order valence-electron chi connectivity index (χ0n) is 13.9. The van der Waals surface area contributed by atoms with Gasteiger partial charge in [-0.25, -0.2) is 4.98 Å². The van der Waals surface area contributed by atoms with Crippen molar-refractivity contribution in [3.8, 4) is 5.88 Å². The summed E-state index contributed by atoms with van der Waals surface area (Å²) >= 11 is 1.52. The second kappa shape index (κ2) is 6.16. The molecule has 1 saturated heterocycles. The second-order valence-corrected chi connectivity index (χ2v) is 7.35. The first-order valence-electron chi connectivity index (χ1n) is 8.14. The van der Waals surface area contributed by atoms with Gasteiger partial charge in [0.2, 0.25) is 10.8 Å². The van der Waals surface area contributed by atoms with Crippen LogP contribution in [0.4, 0.5) is 0 Å². The van der Waals surface area contributed by atoms with Gasteiger partial charge in [-0.05, 0) is 25.1 Å². The smallest absolute Gasteiger partial charge is 0.230 e. The van der Waals surface area contributed by atoms with Crippen LogP contribution in [-0.2, 0) is 0 Å². The summed E-state index contributed by atoms with van der Waals surface area (Å²) in [5.74, 6) is 0.208. The van der Waals surface area contributed by atoms with E-state index in [1.54, 1.807) is 0 Å². The maximum Gasteiger partial charge on any atom is 0.230 e. The van der Waals surface area contributed by atoms with Crippen LogP contribution >= 0.6 is 11.3 Å². The van der Waals surface area contributed by atoms with Crippen molar-refractivity contribution in [2.75, 3.05) is 33.2 Å². The van der Waals surface area contributed by atoms with Crippen molar-refractivity contribution >= 4 is 16.3 Å². The minimum atomic E-state index is 0.0356. The predicted octanol–water partition coefficient (Wildman–Crippen LogP) is 2.14. The number of aromatic hydroxyl groups is 1. The fraction of sp³-hybridized carbons (Fsp3) is 0.412. The van der Waals surface area contributed by atoms with E-state index in [0.29, 0.717) is 0 Å². The molecule has 24 heavy (non-hydrogen) atoms. The van der Waals surface area contributed by atoms with Crippen LogP contribution in [0.15, 0.2) is 30.6 Å². The maximum atomic E-state index is 10.7. The Morgan fingerprint density at radius 3 is 2.62 bits per heavy atom. The van der Waals surface area contributed by atoms with Crippen molar-refractivity contribution in [2.24, 2.45) is 0 Å². The minimum absolute atomic E-state index is 0.0356. The Hall–Kier alpha value is -1.96. The van der Waals surface area contributed by atoms with Gasteiger partial charge < -0.3 is 10.0 Å². The van der Waals surface area contributed by atoms with E-state index in [1.165, 1.54) is 33.3 Å². The molecule has 1 aromatic carbocycles. The number of benzene rings is 1. The summed E-state index contributed by atoms with van der Waals surface area (Å²) < 4.78 is 1.53. The van der Waals surface area contributed by atoms with Crippen LogP contribution in [-0.4, -0.2) is 62.7 Å². The number of hydrogen-bond donors (Lipinski definition) is 1. The molecule has 126 valence electrons. The average molecular weight is 343 g/mol. The molecule has 0 saturated carbocycles. The van der Waals surface area contributed by atoms with E-state index in [1.807, 2.05) is 0 Å². The lowest BCUT2D eigenvalue weighted by Crippen LogP contribution is -2.46. The maximum absolute atomic E-state index is 10.7. The van der Waals surface area contributed by atoms with Gasteiger partial charge in [-0.15, -0.1) is 0 Å². The zero-order valence-corrected chi connectivity index (χ0v) is 14.7. The fourth-order valence-electron chi connectivity index (χ4n) is 3.35. The number of piperazine rings is 1. The molecule has 2 aromatic heterocycles. The average Bonchev–Trinajstić information content (AvgIpc) is 3.15. The third kappa shape index (κ3) is 2.58. The number of aryl methyl sites for hydroxylation is 1. The SMILES string of the molecule is Cc1ccccc1C(c1sc2ncnn2c1O)N1CCN(C)CC1. The number of aromatic nitrogens is 3. The van der Waals surface area contributed by atoms with Gasteiger partial charge in [-0.2, -0.15) is 9.61 Å². The molecular formula is C17H21N5OS. The largest absolute Gasteiger partial charge is 0.492 e. The van der Waals surface area contributed by atoms with Crippen molar-refractivity contribution < 1.29 is 5.11 Å². The van der Waals surface area contributed by atoms with E-state index in [9.17, 15) is 5.11 Å². The van der Waals surface area contributed by atoms with Crippen molar-refractivity contribution in [1.82, 2.24) is 24.4 Å². The molecule has 0 radical (unpaired) electrons. The molecule has 1 fully saturated rings. The third-order valence-electron chi connectivity index (χ3n) is 4.77. The van der Waals surface area contributed by atoms with E-state index >= 15 is 0 Å². The van der Waals surface area contributed by atoms with Crippen LogP contribution < -0.4 is 0 Å². The monoisotopic (exact) mass is 343 g/mol. The number of likely N-dealkylation sites (N-methyl/N-ethyl adjacent to an activating group) is 1. The topological polar surface area (TPSA) is 56.9 Å². The van der Waals surface area contributed by atoms with Gasteiger partial charge >= 0.3 is 0 Å². The first-order valence-corrected chi connectivity index (χ1v) is 8.96. The summed E-state index contributed by atoms with van der Waals surface area (Å²) in [7, 11) is 2.15. The summed E-state index contributed by atoms with van der Waals surface area (Å²) in [5.41, 5.74) is 2.47. The number of hydrogen-bond acceptors (Lipinski definition) is 6. The Morgan fingerprint density at radius 2 is 1.92 bits per heavy atom. The second-order valence-electron chi connectivity index (χ2n) is 6.34. The normalized spacial score (nSPS) is 18.2. The predicted molar refractivity (Wildman–Crippen MR) is 94.6 cm³/mol. The standard InChI is InChI=1S/C17H21N5OS/c1-12-5-3-4-6-13(12)14(21-9-7-20(2)8-10-21)15-16(23)22-17(24-15)18-11-19-22/h3-6,11,14,23H,7-10H2,1-2H3. The number of nitrogens with zero attached hydrogens (tertiary/aromatic N) is 5. The number of thiazole rings is 1. The summed E-state index contributed by atoms with van der Waals surface area (Å²) in [5, 5.41) is 14.9. The molecule has 4 rings (SSSR count). The van der Waals surface area contributed by atoms with Crippen LogP contribution in [0, 0.1) is 6.92 Å². The summed E-state index contributed by atoms with van der Waals surface area (Å²) in [4.78, 5) is 10.7. The molecule has 0 spiro atoms. The highest BCUT2D eigenvalue weighted by Crippen LogP contribution is 2.40. The Balaban J connectivity index is 1.82. The van der Waals surface area contributed by atoms with Gasteiger partial charge in [0.15, 0.2) is 0 Å². The molecule has 1 unspecified atom stereocenters. The summed E-state index contributed by atoms with van der Waals surface area (Å²) in [6.45, 7) is 6.14. The van der Waals surface area contributed by atoms with Gasteiger partial charge in [0.25, 0.3) is 0 Å². The van der Waals surface area contributed by atoms with E-state index in [2.05, 4.69) is 58.1 Å². The Kier molecular flexibility index (Phi) is 3.99. The molecule has 1 N–H and O–H groups in total. The minimum Gasteiger partial charge on any atom is -0.492 e. The number of fused-ring (bicyclic) bond motifs is 1. The molecule has 0 amide bonds. The summed E-state index contributed by atoms with van der Waals surface area (Å²) in [6.07, 6.45) is 1.48. The van der Waals surface area contributed by atoms with E-state index in [4.69, 9.17) is 0 Å². The first-order chi connectivity index (χ1) is 11.6. The Morgan fingerprint density at radius 1 is 1.17 bits per heavy atom. The van der Waals surface area contributed by atoms with Gasteiger partial charge in [-0.1, -0.05) is 35.6 Å². The fourth-order valence-corrected chi connectivity index (χ4v) is 4.43. The zero-order chi connectivity index (χ0) is 16.7. The van der Waals surface area contributed by atoms with Gasteiger partial charge in [0.1, 0.15) is 6.33 Å². The number of rotatable bonds is 3.